The van der Waals surface area contributed by atoms with E-state index in [1.165, 1.54) is 18.9 Å². The second kappa shape index (κ2) is 8.25. The van der Waals surface area contributed by atoms with Crippen LogP contribution in [-0.2, 0) is 22.7 Å². The van der Waals surface area contributed by atoms with Crippen LogP contribution in [0.15, 0.2) is 18.2 Å². The van der Waals surface area contributed by atoms with Gasteiger partial charge in [0, 0.05) is 12.1 Å². The van der Waals surface area contributed by atoms with E-state index < -0.39 is 11.9 Å². The van der Waals surface area contributed by atoms with E-state index in [-0.39, 0.29) is 24.2 Å². The third-order valence-electron chi connectivity index (χ3n) is 4.07. The van der Waals surface area contributed by atoms with Crippen LogP contribution in [0, 0.1) is 5.82 Å². The number of halogens is 1. The van der Waals surface area contributed by atoms with Gasteiger partial charge in [-0.3, -0.25) is 4.79 Å². The van der Waals surface area contributed by atoms with Crippen LogP contribution in [0.2, 0.25) is 0 Å². The van der Waals surface area contributed by atoms with Gasteiger partial charge in [-0.2, -0.15) is 0 Å². The minimum Gasteiger partial charge on any atom is -0.392 e. The minimum atomic E-state index is -0.437. The molecule has 1 aromatic carbocycles. The van der Waals surface area contributed by atoms with Crippen LogP contribution in [0.5, 0.6) is 0 Å². The zero-order valence-electron chi connectivity index (χ0n) is 13.0. The third kappa shape index (κ3) is 4.52. The molecule has 4 nitrogen and oxygen atoms in total. The van der Waals surface area contributed by atoms with Gasteiger partial charge in [-0.25, -0.2) is 4.39 Å². The molecule has 1 aliphatic carbocycles. The van der Waals surface area contributed by atoms with Crippen molar-refractivity contribution in [2.75, 3.05) is 0 Å². The summed E-state index contributed by atoms with van der Waals surface area (Å²) in [7, 11) is 0. The van der Waals surface area contributed by atoms with E-state index in [0.717, 1.165) is 18.4 Å². The lowest BCUT2D eigenvalue weighted by molar-refractivity contribution is -0.136. The van der Waals surface area contributed by atoms with Crippen LogP contribution < -0.4 is 5.32 Å². The second-order valence-electron chi connectivity index (χ2n) is 5.74. The van der Waals surface area contributed by atoms with Crippen molar-refractivity contribution >= 4 is 5.91 Å². The first-order valence-corrected chi connectivity index (χ1v) is 7.95. The van der Waals surface area contributed by atoms with Gasteiger partial charge in [0.25, 0.3) is 0 Å². The first kappa shape index (κ1) is 16.9. The van der Waals surface area contributed by atoms with Crippen molar-refractivity contribution in [3.8, 4) is 0 Å². The maximum Gasteiger partial charge on any atom is 0.249 e. The highest BCUT2D eigenvalue weighted by Crippen LogP contribution is 2.23. The molecule has 2 rings (SSSR count). The lowest BCUT2D eigenvalue weighted by Gasteiger charge is -2.20. The fraction of sp³-hybridized carbons (Fsp3) is 0.588. The summed E-state index contributed by atoms with van der Waals surface area (Å²) in [4.78, 5) is 12.2. The summed E-state index contributed by atoms with van der Waals surface area (Å²) in [5.41, 5.74) is 0.996. The number of carbonyl (C=O) groups excluding carboxylic acids is 1. The normalized spacial score (nSPS) is 16.7. The van der Waals surface area contributed by atoms with Crippen molar-refractivity contribution < 1.29 is 19.0 Å². The lowest BCUT2D eigenvalue weighted by atomic mass is 10.1. The molecule has 1 aliphatic rings. The Labute approximate surface area is 130 Å². The molecule has 1 aromatic rings. The Kier molecular flexibility index (Phi) is 6.34. The Morgan fingerprint density at radius 2 is 2.18 bits per heavy atom. The van der Waals surface area contributed by atoms with Crippen LogP contribution >= 0.6 is 0 Å². The number of ether oxygens (including phenoxy) is 1. The number of rotatable bonds is 7. The van der Waals surface area contributed by atoms with Gasteiger partial charge in [0.2, 0.25) is 5.91 Å². The summed E-state index contributed by atoms with van der Waals surface area (Å²) in [6.07, 6.45) is 4.80. The molecule has 1 atom stereocenters. The predicted octanol–water partition coefficient (Wildman–Crippen LogP) is 2.67. The van der Waals surface area contributed by atoms with Crippen LogP contribution in [0.1, 0.15) is 50.2 Å². The van der Waals surface area contributed by atoms with Gasteiger partial charge in [-0.05, 0) is 37.0 Å². The molecular weight excluding hydrogens is 285 g/mol. The van der Waals surface area contributed by atoms with Crippen molar-refractivity contribution in [3.05, 3.63) is 35.1 Å². The van der Waals surface area contributed by atoms with Crippen molar-refractivity contribution in [2.45, 2.75) is 64.4 Å². The second-order valence-corrected chi connectivity index (χ2v) is 5.74. The van der Waals surface area contributed by atoms with Crippen molar-refractivity contribution in [2.24, 2.45) is 0 Å². The van der Waals surface area contributed by atoms with Crippen molar-refractivity contribution in [1.29, 1.82) is 0 Å². The lowest BCUT2D eigenvalue weighted by Crippen LogP contribution is -2.37. The Morgan fingerprint density at radius 1 is 1.45 bits per heavy atom. The standard InChI is InChI=1S/C17H24FNO3/c1-2-16(22-14-5-3-4-6-14)17(21)19-10-12-7-8-15(18)13(9-12)11-20/h7-9,14,16,20H,2-6,10-11H2,1H3,(H,19,21). The summed E-state index contributed by atoms with van der Waals surface area (Å²) >= 11 is 0. The zero-order valence-corrected chi connectivity index (χ0v) is 13.0. The topological polar surface area (TPSA) is 58.6 Å². The minimum absolute atomic E-state index is 0.135. The van der Waals surface area contributed by atoms with Gasteiger partial charge < -0.3 is 15.2 Å². The Morgan fingerprint density at radius 3 is 2.82 bits per heavy atom. The highest BCUT2D eigenvalue weighted by atomic mass is 19.1. The van der Waals surface area contributed by atoms with Crippen LogP contribution in [-0.4, -0.2) is 23.2 Å². The van der Waals surface area contributed by atoms with E-state index >= 15 is 0 Å². The van der Waals surface area contributed by atoms with Gasteiger partial charge in [0.15, 0.2) is 0 Å². The van der Waals surface area contributed by atoms with Gasteiger partial charge in [0.05, 0.1) is 12.7 Å². The average Bonchev–Trinajstić information content (AvgIpc) is 3.04. The van der Waals surface area contributed by atoms with Gasteiger partial charge in [0.1, 0.15) is 11.9 Å². The number of hydrogen-bond donors (Lipinski definition) is 2. The summed E-state index contributed by atoms with van der Waals surface area (Å²) in [5.74, 6) is -0.571. The highest BCUT2D eigenvalue weighted by Gasteiger charge is 2.24. The number of carbonyl (C=O) groups is 1. The van der Waals surface area contributed by atoms with E-state index in [9.17, 15) is 9.18 Å². The molecule has 0 aliphatic heterocycles. The molecule has 0 aromatic heterocycles. The molecule has 0 saturated heterocycles. The first-order valence-electron chi connectivity index (χ1n) is 7.95. The monoisotopic (exact) mass is 309 g/mol. The van der Waals surface area contributed by atoms with Crippen molar-refractivity contribution in [1.82, 2.24) is 5.32 Å². The summed E-state index contributed by atoms with van der Waals surface area (Å²) < 4.78 is 19.2. The zero-order chi connectivity index (χ0) is 15.9. The Bertz CT molecular complexity index is 501. The molecule has 0 spiro atoms. The largest absolute Gasteiger partial charge is 0.392 e. The molecule has 1 amide bonds. The van der Waals surface area contributed by atoms with Gasteiger partial charge in [-0.1, -0.05) is 25.8 Å². The molecule has 5 heteroatoms. The number of nitrogens with one attached hydrogen (secondary N) is 1. The molecule has 0 radical (unpaired) electrons. The van der Waals surface area contributed by atoms with E-state index in [0.29, 0.717) is 13.0 Å². The van der Waals surface area contributed by atoms with Crippen LogP contribution in [0.25, 0.3) is 0 Å². The molecule has 22 heavy (non-hydrogen) atoms. The number of aliphatic hydroxyl groups is 1. The van der Waals surface area contributed by atoms with Crippen LogP contribution in [0.3, 0.4) is 0 Å². The molecule has 1 saturated carbocycles. The molecule has 1 unspecified atom stereocenters. The summed E-state index contributed by atoms with van der Waals surface area (Å²) in [6.45, 7) is 1.88. The number of benzene rings is 1. The average molecular weight is 309 g/mol. The fourth-order valence-electron chi connectivity index (χ4n) is 2.76. The summed E-state index contributed by atoms with van der Waals surface area (Å²) in [5, 5.41) is 11.9. The SMILES string of the molecule is CCC(OC1CCCC1)C(=O)NCc1ccc(F)c(CO)c1. The molecular formula is C17H24FNO3. The Balaban J connectivity index is 1.87. The van der Waals surface area contributed by atoms with Gasteiger partial charge in [-0.15, -0.1) is 0 Å². The van der Waals surface area contributed by atoms with Crippen LogP contribution in [0.4, 0.5) is 4.39 Å². The number of amides is 1. The fourth-order valence-corrected chi connectivity index (χ4v) is 2.76. The molecule has 122 valence electrons. The highest BCUT2D eigenvalue weighted by molar-refractivity contribution is 5.80. The molecule has 1 fully saturated rings. The number of aliphatic hydroxyl groups excluding tert-OH is 1. The van der Waals surface area contributed by atoms with E-state index in [2.05, 4.69) is 5.32 Å². The number of hydrogen-bond acceptors (Lipinski definition) is 3. The third-order valence-corrected chi connectivity index (χ3v) is 4.07. The van der Waals surface area contributed by atoms with E-state index in [1.807, 2.05) is 6.92 Å². The summed E-state index contributed by atoms with van der Waals surface area (Å²) in [6, 6.07) is 4.47. The quantitative estimate of drug-likeness (QED) is 0.814. The smallest absolute Gasteiger partial charge is 0.249 e. The maximum atomic E-state index is 13.3. The molecule has 2 N–H and O–H groups in total. The van der Waals surface area contributed by atoms with E-state index in [1.54, 1.807) is 12.1 Å². The van der Waals surface area contributed by atoms with E-state index in [4.69, 9.17) is 9.84 Å². The first-order chi connectivity index (χ1) is 10.6. The maximum absolute atomic E-state index is 13.3. The Hall–Kier alpha value is -1.46. The predicted molar refractivity (Wildman–Crippen MR) is 81.6 cm³/mol. The molecule has 0 heterocycles. The van der Waals surface area contributed by atoms with Crippen molar-refractivity contribution in [3.63, 3.8) is 0 Å². The molecule has 0 bridgehead atoms. The van der Waals surface area contributed by atoms with Gasteiger partial charge >= 0.3 is 0 Å².